The van der Waals surface area contributed by atoms with Crippen LogP contribution < -0.4 is 4.74 Å². The summed E-state index contributed by atoms with van der Waals surface area (Å²) in [7, 11) is 0. The van der Waals surface area contributed by atoms with Gasteiger partial charge < -0.3 is 4.74 Å². The summed E-state index contributed by atoms with van der Waals surface area (Å²) >= 11 is 1.08. The molecule has 2 unspecified atom stereocenters. The molecule has 1 saturated carbocycles. The molecule has 6 heteroatoms. The molecule has 0 N–H and O–H groups in total. The number of carbonyl (C=O) groups is 1. The second-order valence-electron chi connectivity index (χ2n) is 5.75. The van der Waals surface area contributed by atoms with Gasteiger partial charge >= 0.3 is 5.69 Å². The Morgan fingerprint density at radius 1 is 1.35 bits per heavy atom. The molecular formula is C14H19NO4S. The molecule has 0 saturated heterocycles. The summed E-state index contributed by atoms with van der Waals surface area (Å²) in [6, 6.07) is 1.32. The molecular weight excluding hydrogens is 278 g/mol. The second kappa shape index (κ2) is 5.91. The van der Waals surface area contributed by atoms with Gasteiger partial charge in [0, 0.05) is 6.07 Å². The van der Waals surface area contributed by atoms with E-state index in [1.807, 2.05) is 0 Å². The van der Waals surface area contributed by atoms with Crippen LogP contribution in [0.5, 0.6) is 5.06 Å². The number of hydrogen-bond donors (Lipinski definition) is 0. The summed E-state index contributed by atoms with van der Waals surface area (Å²) in [5, 5.41) is 11.3. The lowest BCUT2D eigenvalue weighted by atomic mass is 9.82. The van der Waals surface area contributed by atoms with E-state index in [1.165, 1.54) is 19.4 Å². The van der Waals surface area contributed by atoms with Crippen molar-refractivity contribution in [3.05, 3.63) is 21.1 Å². The number of nitrogens with zero attached hydrogens (tertiary/aromatic N) is 1. The highest BCUT2D eigenvalue weighted by Gasteiger charge is 2.29. The van der Waals surface area contributed by atoms with E-state index in [1.54, 1.807) is 0 Å². The van der Waals surface area contributed by atoms with E-state index in [0.717, 1.165) is 24.2 Å². The molecule has 1 fully saturated rings. The third-order valence-electron chi connectivity index (χ3n) is 3.63. The van der Waals surface area contributed by atoms with Crippen LogP contribution in [0.2, 0.25) is 0 Å². The van der Waals surface area contributed by atoms with Gasteiger partial charge in [0.1, 0.15) is 6.10 Å². The second-order valence-corrected chi connectivity index (χ2v) is 6.77. The Labute approximate surface area is 122 Å². The van der Waals surface area contributed by atoms with Crippen molar-refractivity contribution in [2.24, 2.45) is 11.8 Å². The first-order valence-electron chi connectivity index (χ1n) is 6.82. The molecule has 0 bridgehead atoms. The minimum atomic E-state index is -0.478. The lowest BCUT2D eigenvalue weighted by Crippen LogP contribution is -2.28. The summed E-state index contributed by atoms with van der Waals surface area (Å²) < 4.78 is 5.84. The number of Topliss-reactive ketones (excluding diaryl/α,β-unsaturated/α-hetero) is 1. The van der Waals surface area contributed by atoms with Crippen molar-refractivity contribution >= 4 is 22.8 Å². The number of ketones is 1. The van der Waals surface area contributed by atoms with E-state index in [0.29, 0.717) is 16.7 Å². The Bertz CT molecular complexity index is 515. The van der Waals surface area contributed by atoms with Gasteiger partial charge in [-0.3, -0.25) is 14.9 Å². The SMILES string of the molecule is CC(=O)c1cc([N+](=O)[O-])c(OC2CC(C)CC(C)C2)s1. The first kappa shape index (κ1) is 15.0. The minimum Gasteiger partial charge on any atom is -0.476 e. The predicted octanol–water partition coefficient (Wildman–Crippen LogP) is 4.06. The Morgan fingerprint density at radius 2 is 1.95 bits per heavy atom. The van der Waals surface area contributed by atoms with Crippen LogP contribution in [-0.4, -0.2) is 16.8 Å². The molecule has 0 amide bonds. The van der Waals surface area contributed by atoms with Gasteiger partial charge in [0.2, 0.25) is 0 Å². The zero-order valence-electron chi connectivity index (χ0n) is 11.9. The van der Waals surface area contributed by atoms with E-state index >= 15 is 0 Å². The first-order valence-corrected chi connectivity index (χ1v) is 7.64. The fourth-order valence-corrected chi connectivity index (χ4v) is 3.81. The summed E-state index contributed by atoms with van der Waals surface area (Å²) in [6.45, 7) is 5.76. The number of ether oxygens (including phenoxy) is 1. The maximum Gasteiger partial charge on any atom is 0.323 e. The summed E-state index contributed by atoms with van der Waals surface area (Å²) in [5.74, 6) is 0.962. The average molecular weight is 297 g/mol. The largest absolute Gasteiger partial charge is 0.476 e. The van der Waals surface area contributed by atoms with E-state index in [4.69, 9.17) is 4.74 Å². The van der Waals surface area contributed by atoms with Gasteiger partial charge in [0.25, 0.3) is 5.06 Å². The highest BCUT2D eigenvalue weighted by atomic mass is 32.1. The molecule has 5 nitrogen and oxygen atoms in total. The molecule has 1 aliphatic carbocycles. The molecule has 0 radical (unpaired) electrons. The van der Waals surface area contributed by atoms with E-state index in [-0.39, 0.29) is 22.6 Å². The predicted molar refractivity (Wildman–Crippen MR) is 77.6 cm³/mol. The van der Waals surface area contributed by atoms with Crippen LogP contribution in [-0.2, 0) is 0 Å². The number of hydrogen-bond acceptors (Lipinski definition) is 5. The normalized spacial score (nSPS) is 26.2. The molecule has 110 valence electrons. The van der Waals surface area contributed by atoms with Crippen molar-refractivity contribution < 1.29 is 14.5 Å². The van der Waals surface area contributed by atoms with Crippen molar-refractivity contribution in [2.75, 3.05) is 0 Å². The van der Waals surface area contributed by atoms with E-state index in [9.17, 15) is 14.9 Å². The molecule has 20 heavy (non-hydrogen) atoms. The third-order valence-corrected chi connectivity index (χ3v) is 4.75. The molecule has 0 aliphatic heterocycles. The summed E-state index contributed by atoms with van der Waals surface area (Å²) in [4.78, 5) is 22.3. The molecule has 1 aromatic heterocycles. The van der Waals surface area contributed by atoms with Crippen molar-refractivity contribution in [1.82, 2.24) is 0 Å². The highest BCUT2D eigenvalue weighted by molar-refractivity contribution is 7.16. The van der Waals surface area contributed by atoms with Gasteiger partial charge in [-0.25, -0.2) is 0 Å². The Balaban J connectivity index is 2.19. The molecule has 1 aliphatic rings. The van der Waals surface area contributed by atoms with E-state index < -0.39 is 4.92 Å². The molecule has 1 heterocycles. The molecule has 0 aromatic carbocycles. The van der Waals surface area contributed by atoms with Gasteiger partial charge in [0.15, 0.2) is 5.78 Å². The Hall–Kier alpha value is -1.43. The van der Waals surface area contributed by atoms with Crippen molar-refractivity contribution in [3.63, 3.8) is 0 Å². The smallest absolute Gasteiger partial charge is 0.323 e. The van der Waals surface area contributed by atoms with Crippen LogP contribution in [0.25, 0.3) is 0 Å². The van der Waals surface area contributed by atoms with Crippen molar-refractivity contribution in [1.29, 1.82) is 0 Å². The van der Waals surface area contributed by atoms with Crippen LogP contribution in [0.4, 0.5) is 5.69 Å². The molecule has 1 aromatic rings. The van der Waals surface area contributed by atoms with Crippen molar-refractivity contribution in [2.45, 2.75) is 46.1 Å². The van der Waals surface area contributed by atoms with Crippen LogP contribution in [0.1, 0.15) is 49.7 Å². The van der Waals surface area contributed by atoms with Crippen LogP contribution >= 0.6 is 11.3 Å². The molecule has 2 rings (SSSR count). The lowest BCUT2D eigenvalue weighted by molar-refractivity contribution is -0.385. The van der Waals surface area contributed by atoms with Crippen molar-refractivity contribution in [3.8, 4) is 5.06 Å². The fourth-order valence-electron chi connectivity index (χ4n) is 2.87. The van der Waals surface area contributed by atoms with Crippen LogP contribution in [0.15, 0.2) is 6.07 Å². The van der Waals surface area contributed by atoms with Gasteiger partial charge in [-0.2, -0.15) is 0 Å². The topological polar surface area (TPSA) is 69.4 Å². The van der Waals surface area contributed by atoms with Gasteiger partial charge in [-0.15, -0.1) is 0 Å². The summed E-state index contributed by atoms with van der Waals surface area (Å²) in [6.07, 6.45) is 3.00. The number of rotatable bonds is 4. The van der Waals surface area contributed by atoms with Crippen LogP contribution in [0.3, 0.4) is 0 Å². The maximum atomic E-state index is 11.4. The quantitative estimate of drug-likeness (QED) is 0.477. The Kier molecular flexibility index (Phi) is 4.42. The third kappa shape index (κ3) is 3.36. The van der Waals surface area contributed by atoms with Gasteiger partial charge in [-0.1, -0.05) is 25.2 Å². The number of thiophene rings is 1. The zero-order chi connectivity index (χ0) is 14.9. The van der Waals surface area contributed by atoms with Gasteiger partial charge in [0.05, 0.1) is 9.80 Å². The first-order chi connectivity index (χ1) is 9.36. The van der Waals surface area contributed by atoms with E-state index in [2.05, 4.69) is 13.8 Å². The molecule has 2 atom stereocenters. The molecule has 0 spiro atoms. The summed E-state index contributed by atoms with van der Waals surface area (Å²) in [5.41, 5.74) is -0.0916. The fraction of sp³-hybridized carbons (Fsp3) is 0.643. The zero-order valence-corrected chi connectivity index (χ0v) is 12.7. The monoisotopic (exact) mass is 297 g/mol. The number of carbonyl (C=O) groups excluding carboxylic acids is 1. The Morgan fingerprint density at radius 3 is 2.45 bits per heavy atom. The number of nitro groups is 1. The lowest BCUT2D eigenvalue weighted by Gasteiger charge is -2.31. The highest BCUT2D eigenvalue weighted by Crippen LogP contribution is 2.40. The average Bonchev–Trinajstić information content (AvgIpc) is 2.71. The van der Waals surface area contributed by atoms with Crippen LogP contribution in [0, 0.1) is 22.0 Å². The maximum absolute atomic E-state index is 11.4. The van der Waals surface area contributed by atoms with Gasteiger partial charge in [-0.05, 0) is 38.0 Å². The standard InChI is InChI=1S/C14H19NO4S/c1-8-4-9(2)6-11(5-8)19-14-12(15(17)18)7-13(20-14)10(3)16/h7-9,11H,4-6H2,1-3H3. The minimum absolute atomic E-state index is 0.00547.